The number of rotatable bonds is 8. The highest BCUT2D eigenvalue weighted by molar-refractivity contribution is 5.95. The number of nitrogens with zero attached hydrogens (tertiary/aromatic N) is 2. The van der Waals surface area contributed by atoms with Crippen LogP contribution in [0.1, 0.15) is 28.7 Å². The topological polar surface area (TPSA) is 84.7 Å². The van der Waals surface area contributed by atoms with E-state index in [1.165, 1.54) is 0 Å². The average molecular weight is 397 g/mol. The van der Waals surface area contributed by atoms with Crippen LogP contribution in [0.4, 0.5) is 11.4 Å². The van der Waals surface area contributed by atoms with Gasteiger partial charge in [0, 0.05) is 37.2 Å². The van der Waals surface area contributed by atoms with Crippen molar-refractivity contribution in [3.8, 4) is 5.75 Å². The number of hydrogen-bond donors (Lipinski definition) is 1. The fourth-order valence-corrected chi connectivity index (χ4v) is 3.63. The largest absolute Gasteiger partial charge is 0.492 e. The van der Waals surface area contributed by atoms with E-state index in [1.807, 2.05) is 20.9 Å². The third-order valence-electron chi connectivity index (χ3n) is 5.28. The molecule has 1 heterocycles. The molecular weight excluding hydrogens is 370 g/mol. The number of amides is 1. The number of nitro benzene ring substituents is 1. The van der Waals surface area contributed by atoms with E-state index in [0.717, 1.165) is 53.2 Å². The SMILES string of the molecule is Cc1cc(C)c(OCCN(C)CCc2ccc([N+](=O)[O-])cc2)c2c1NC(=O)CC2. The van der Waals surface area contributed by atoms with Gasteiger partial charge < -0.3 is 15.0 Å². The predicted molar refractivity (Wildman–Crippen MR) is 113 cm³/mol. The minimum Gasteiger partial charge on any atom is -0.492 e. The van der Waals surface area contributed by atoms with Crippen LogP contribution < -0.4 is 10.1 Å². The average Bonchev–Trinajstić information content (AvgIpc) is 2.69. The van der Waals surface area contributed by atoms with E-state index < -0.39 is 0 Å². The van der Waals surface area contributed by atoms with E-state index in [1.54, 1.807) is 24.3 Å². The van der Waals surface area contributed by atoms with Gasteiger partial charge in [0.2, 0.25) is 5.91 Å². The molecule has 0 radical (unpaired) electrons. The molecule has 0 fully saturated rings. The predicted octanol–water partition coefficient (Wildman–Crippen LogP) is 3.65. The highest BCUT2D eigenvalue weighted by atomic mass is 16.6. The van der Waals surface area contributed by atoms with Gasteiger partial charge in [-0.1, -0.05) is 18.2 Å². The van der Waals surface area contributed by atoms with Gasteiger partial charge in [0.15, 0.2) is 0 Å². The van der Waals surface area contributed by atoms with E-state index in [-0.39, 0.29) is 16.5 Å². The van der Waals surface area contributed by atoms with Crippen molar-refractivity contribution < 1.29 is 14.5 Å². The summed E-state index contributed by atoms with van der Waals surface area (Å²) in [6.07, 6.45) is 2.01. The molecule has 0 aliphatic carbocycles. The second-order valence-electron chi connectivity index (χ2n) is 7.57. The molecule has 154 valence electrons. The van der Waals surface area contributed by atoms with Crippen LogP contribution in [-0.4, -0.2) is 42.5 Å². The van der Waals surface area contributed by atoms with Crippen LogP contribution in [0.25, 0.3) is 0 Å². The molecule has 7 nitrogen and oxygen atoms in total. The number of non-ortho nitro benzene ring substituents is 1. The zero-order chi connectivity index (χ0) is 21.0. The van der Waals surface area contributed by atoms with E-state index in [4.69, 9.17) is 4.74 Å². The van der Waals surface area contributed by atoms with Crippen molar-refractivity contribution in [2.45, 2.75) is 33.1 Å². The van der Waals surface area contributed by atoms with Crippen LogP contribution in [0.15, 0.2) is 30.3 Å². The minimum absolute atomic E-state index is 0.0568. The molecule has 1 aliphatic heterocycles. The van der Waals surface area contributed by atoms with Crippen molar-refractivity contribution in [2.75, 3.05) is 32.1 Å². The Kier molecular flexibility index (Phi) is 6.49. The van der Waals surface area contributed by atoms with E-state index in [2.05, 4.69) is 16.3 Å². The third kappa shape index (κ3) is 5.12. The number of likely N-dealkylation sites (N-methyl/N-ethyl adjacent to an activating group) is 1. The normalized spacial score (nSPS) is 13.2. The number of ether oxygens (including phenoxy) is 1. The number of benzene rings is 2. The quantitative estimate of drug-likeness (QED) is 0.543. The lowest BCUT2D eigenvalue weighted by molar-refractivity contribution is -0.384. The molecule has 0 bridgehead atoms. The number of nitrogens with one attached hydrogen (secondary N) is 1. The maximum absolute atomic E-state index is 11.7. The van der Waals surface area contributed by atoms with Crippen molar-refractivity contribution in [1.82, 2.24) is 4.90 Å². The Morgan fingerprint density at radius 1 is 1.14 bits per heavy atom. The van der Waals surface area contributed by atoms with E-state index in [9.17, 15) is 14.9 Å². The maximum atomic E-state index is 11.7. The molecule has 0 saturated carbocycles. The smallest absolute Gasteiger partial charge is 0.269 e. The van der Waals surface area contributed by atoms with Gasteiger partial charge in [0.05, 0.1) is 10.6 Å². The summed E-state index contributed by atoms with van der Waals surface area (Å²) < 4.78 is 6.12. The number of aryl methyl sites for hydroxylation is 2. The number of carbonyl (C=O) groups is 1. The molecule has 1 aliphatic rings. The first kappa shape index (κ1) is 20.8. The fraction of sp³-hybridized carbons (Fsp3) is 0.409. The molecule has 0 atom stereocenters. The maximum Gasteiger partial charge on any atom is 0.269 e. The first-order valence-electron chi connectivity index (χ1n) is 9.82. The molecule has 0 aromatic heterocycles. The zero-order valence-electron chi connectivity index (χ0n) is 17.2. The highest BCUT2D eigenvalue weighted by Gasteiger charge is 2.22. The standard InChI is InChI=1S/C22H27N3O4/c1-15-14-16(2)22(19-8-9-20(26)23-21(15)19)29-13-12-24(3)11-10-17-4-6-18(7-5-17)25(27)28/h4-7,14H,8-13H2,1-3H3,(H,23,26). The Bertz CT molecular complexity index is 909. The molecule has 1 amide bonds. The summed E-state index contributed by atoms with van der Waals surface area (Å²) in [5.74, 6) is 0.941. The summed E-state index contributed by atoms with van der Waals surface area (Å²) in [5.41, 5.74) is 5.33. The van der Waals surface area contributed by atoms with Crippen LogP contribution in [0, 0.1) is 24.0 Å². The third-order valence-corrected chi connectivity index (χ3v) is 5.28. The van der Waals surface area contributed by atoms with Gasteiger partial charge in [-0.05, 0) is 50.4 Å². The Balaban J connectivity index is 1.53. The van der Waals surface area contributed by atoms with Crippen molar-refractivity contribution in [1.29, 1.82) is 0 Å². The Hall–Kier alpha value is -2.93. The first-order chi connectivity index (χ1) is 13.8. The van der Waals surface area contributed by atoms with E-state index >= 15 is 0 Å². The highest BCUT2D eigenvalue weighted by Crippen LogP contribution is 2.36. The molecule has 1 N–H and O–H groups in total. The van der Waals surface area contributed by atoms with Crippen molar-refractivity contribution in [3.63, 3.8) is 0 Å². The Morgan fingerprint density at radius 2 is 1.86 bits per heavy atom. The van der Waals surface area contributed by atoms with Crippen LogP contribution >= 0.6 is 0 Å². The molecule has 0 spiro atoms. The summed E-state index contributed by atoms with van der Waals surface area (Å²) >= 11 is 0. The number of fused-ring (bicyclic) bond motifs is 1. The number of nitro groups is 1. The van der Waals surface area contributed by atoms with Crippen molar-refractivity contribution in [3.05, 3.63) is 62.7 Å². The van der Waals surface area contributed by atoms with Gasteiger partial charge >= 0.3 is 0 Å². The van der Waals surface area contributed by atoms with Gasteiger partial charge in [-0.2, -0.15) is 0 Å². The lowest BCUT2D eigenvalue weighted by atomic mass is 9.95. The fourth-order valence-electron chi connectivity index (χ4n) is 3.63. The molecule has 29 heavy (non-hydrogen) atoms. The van der Waals surface area contributed by atoms with Crippen LogP contribution in [-0.2, 0) is 17.6 Å². The summed E-state index contributed by atoms with van der Waals surface area (Å²) in [4.78, 5) is 24.2. The second-order valence-corrected chi connectivity index (χ2v) is 7.57. The van der Waals surface area contributed by atoms with Crippen molar-refractivity contribution in [2.24, 2.45) is 0 Å². The van der Waals surface area contributed by atoms with Crippen molar-refractivity contribution >= 4 is 17.3 Å². The molecule has 2 aromatic carbocycles. The summed E-state index contributed by atoms with van der Waals surface area (Å²) in [5, 5.41) is 13.7. The molecule has 7 heteroatoms. The Labute approximate surface area is 170 Å². The number of carbonyl (C=O) groups excluding carboxylic acids is 1. The lowest BCUT2D eigenvalue weighted by Crippen LogP contribution is -2.27. The molecule has 0 saturated heterocycles. The van der Waals surface area contributed by atoms with Gasteiger partial charge in [-0.15, -0.1) is 0 Å². The van der Waals surface area contributed by atoms with Gasteiger partial charge in [0.25, 0.3) is 5.69 Å². The zero-order valence-corrected chi connectivity index (χ0v) is 17.2. The van der Waals surface area contributed by atoms with Gasteiger partial charge in [0.1, 0.15) is 12.4 Å². The summed E-state index contributed by atoms with van der Waals surface area (Å²) in [7, 11) is 2.03. The second kappa shape index (κ2) is 9.05. The minimum atomic E-state index is -0.384. The number of hydrogen-bond acceptors (Lipinski definition) is 5. The van der Waals surface area contributed by atoms with Crippen LogP contribution in [0.5, 0.6) is 5.75 Å². The first-order valence-corrected chi connectivity index (χ1v) is 9.82. The summed E-state index contributed by atoms with van der Waals surface area (Å²) in [6.45, 7) is 6.20. The molecule has 2 aromatic rings. The molecular formula is C22H27N3O4. The monoisotopic (exact) mass is 397 g/mol. The number of anilines is 1. The van der Waals surface area contributed by atoms with Crippen LogP contribution in [0.3, 0.4) is 0 Å². The Morgan fingerprint density at radius 3 is 2.55 bits per heavy atom. The lowest BCUT2D eigenvalue weighted by Gasteiger charge is -2.24. The van der Waals surface area contributed by atoms with Crippen LogP contribution in [0.2, 0.25) is 0 Å². The van der Waals surface area contributed by atoms with E-state index in [0.29, 0.717) is 19.4 Å². The summed E-state index contributed by atoms with van der Waals surface area (Å²) in [6, 6.07) is 8.75. The molecule has 3 rings (SSSR count). The van der Waals surface area contributed by atoms with Gasteiger partial charge in [-0.25, -0.2) is 0 Å². The molecule has 0 unspecified atom stereocenters. The van der Waals surface area contributed by atoms with Gasteiger partial charge in [-0.3, -0.25) is 14.9 Å².